The van der Waals surface area contributed by atoms with Crippen molar-refractivity contribution in [3.05, 3.63) is 34.0 Å². The van der Waals surface area contributed by atoms with E-state index in [-0.39, 0.29) is 46.4 Å². The number of nitrogens with zero attached hydrogens (tertiary/aromatic N) is 5. The summed E-state index contributed by atoms with van der Waals surface area (Å²) >= 11 is 2.43. The average molecular weight is 586 g/mol. The van der Waals surface area contributed by atoms with Gasteiger partial charge in [-0.25, -0.2) is 9.78 Å². The minimum atomic E-state index is -1.30. The van der Waals surface area contributed by atoms with Gasteiger partial charge in [0.25, 0.3) is 11.8 Å². The van der Waals surface area contributed by atoms with E-state index in [1.54, 1.807) is 16.4 Å². The van der Waals surface area contributed by atoms with Crippen molar-refractivity contribution < 1.29 is 29.1 Å². The molecule has 2 atom stereocenters. The third kappa shape index (κ3) is 5.41. The summed E-state index contributed by atoms with van der Waals surface area (Å²) in [4.78, 5) is 63.8. The number of carbonyl (C=O) groups is 4. The Morgan fingerprint density at radius 3 is 2.80 bits per heavy atom. The molecular weight excluding hydrogens is 558 g/mol. The summed E-state index contributed by atoms with van der Waals surface area (Å²) in [5.74, 6) is -2.57. The quantitative estimate of drug-likeness (QED) is 0.164. The van der Waals surface area contributed by atoms with Gasteiger partial charge >= 0.3 is 5.97 Å². The first-order chi connectivity index (χ1) is 19.3. The van der Waals surface area contributed by atoms with Gasteiger partial charge < -0.3 is 25.9 Å². The van der Waals surface area contributed by atoms with Crippen molar-refractivity contribution in [2.24, 2.45) is 5.16 Å². The van der Waals surface area contributed by atoms with Gasteiger partial charge in [0.05, 0.1) is 12.5 Å². The fourth-order valence-corrected chi connectivity index (χ4v) is 6.95. The molecule has 1 saturated carbocycles. The lowest BCUT2D eigenvalue weighted by atomic mass is 10.0. The van der Waals surface area contributed by atoms with Crippen molar-refractivity contribution in [1.82, 2.24) is 20.1 Å². The maximum atomic E-state index is 13.3. The summed E-state index contributed by atoms with van der Waals surface area (Å²) in [5, 5.41) is 26.7. The van der Waals surface area contributed by atoms with Crippen LogP contribution in [0.3, 0.4) is 0 Å². The number of carbonyl (C=O) groups excluding carboxylic acids is 3. The molecule has 4 heterocycles. The molecule has 2 saturated heterocycles. The number of oxime groups is 1. The van der Waals surface area contributed by atoms with Gasteiger partial charge in [0, 0.05) is 29.8 Å². The number of thioether (sulfide) groups is 1. The molecule has 4 N–H and O–H groups in total. The van der Waals surface area contributed by atoms with Crippen LogP contribution in [0.5, 0.6) is 0 Å². The van der Waals surface area contributed by atoms with Crippen LogP contribution in [0.15, 0.2) is 33.5 Å². The zero-order valence-corrected chi connectivity index (χ0v) is 23.0. The lowest BCUT2D eigenvalue weighted by Crippen LogP contribution is -2.71. The number of aliphatic carboxylic acids is 1. The van der Waals surface area contributed by atoms with Crippen molar-refractivity contribution in [3.63, 3.8) is 0 Å². The third-order valence-corrected chi connectivity index (χ3v) is 9.09. The topological polar surface area (TPSA) is 191 Å². The molecule has 1 aromatic heterocycles. The molecule has 40 heavy (non-hydrogen) atoms. The number of anilines is 1. The van der Waals surface area contributed by atoms with Crippen LogP contribution in [0, 0.1) is 11.3 Å². The molecule has 0 spiro atoms. The molecule has 1 aromatic rings. The van der Waals surface area contributed by atoms with E-state index >= 15 is 0 Å². The zero-order valence-electron chi connectivity index (χ0n) is 21.4. The fraction of sp³-hybridized carbons (Fsp3) is 0.480. The van der Waals surface area contributed by atoms with Crippen molar-refractivity contribution in [1.29, 1.82) is 5.26 Å². The number of allylic oxidation sites excluding steroid dienone is 1. The predicted molar refractivity (Wildman–Crippen MR) is 146 cm³/mol. The second-order valence-electron chi connectivity index (χ2n) is 9.68. The monoisotopic (exact) mass is 585 g/mol. The summed E-state index contributed by atoms with van der Waals surface area (Å²) in [7, 11) is 0. The number of likely N-dealkylation sites (tertiary alicyclic amines) is 1. The number of carboxylic acids is 1. The van der Waals surface area contributed by atoms with Crippen LogP contribution in [-0.2, 0) is 24.0 Å². The number of nitrogen functional groups attached to an aromatic ring is 1. The lowest BCUT2D eigenvalue weighted by Gasteiger charge is -2.49. The number of carboxylic acid groups (broad SMARTS) is 1. The van der Waals surface area contributed by atoms with E-state index in [0.29, 0.717) is 30.7 Å². The standard InChI is InChI=1S/C25H27N7O6S2/c26-7-3-8-31-9-6-13(21(31)34)10-14-11-39-23-18(22(35)32(23)19(14)24(36)37)29-20(33)17(16-12-40-25(27)28-16)30-38-15-4-1-2-5-15/h10,12,15,18,23H,1-6,8-9,11H2,(H2,27,28)(H,29,33)(H,36,37)/t18-,23-/m1/s1. The second kappa shape index (κ2) is 11.7. The number of nitriles is 1. The number of rotatable bonds is 9. The Kier molecular flexibility index (Phi) is 8.08. The summed E-state index contributed by atoms with van der Waals surface area (Å²) in [5.41, 5.74) is 6.45. The van der Waals surface area contributed by atoms with Gasteiger partial charge in [-0.15, -0.1) is 23.1 Å². The molecule has 4 aliphatic rings. The van der Waals surface area contributed by atoms with E-state index in [1.807, 2.05) is 6.07 Å². The molecule has 13 nitrogen and oxygen atoms in total. The fourth-order valence-electron chi connectivity index (χ4n) is 5.10. The van der Waals surface area contributed by atoms with Gasteiger partial charge in [-0.2, -0.15) is 5.26 Å². The van der Waals surface area contributed by atoms with Gasteiger partial charge in [0.15, 0.2) is 10.8 Å². The Morgan fingerprint density at radius 1 is 1.35 bits per heavy atom. The molecule has 0 unspecified atom stereocenters. The lowest BCUT2D eigenvalue weighted by molar-refractivity contribution is -0.150. The summed E-state index contributed by atoms with van der Waals surface area (Å²) in [6, 6.07) is 1.03. The summed E-state index contributed by atoms with van der Waals surface area (Å²) in [6.07, 6.45) is 5.77. The smallest absolute Gasteiger partial charge is 0.352 e. The molecule has 0 radical (unpaired) electrons. The van der Waals surface area contributed by atoms with Crippen molar-refractivity contribution in [3.8, 4) is 6.07 Å². The molecule has 0 bridgehead atoms. The highest BCUT2D eigenvalue weighted by molar-refractivity contribution is 8.00. The molecule has 1 aliphatic carbocycles. The summed E-state index contributed by atoms with van der Waals surface area (Å²) in [6.45, 7) is 0.762. The number of β-lactam (4-membered cyclic amide) rings is 1. The Bertz CT molecular complexity index is 1370. The Morgan fingerprint density at radius 2 is 2.12 bits per heavy atom. The van der Waals surface area contributed by atoms with Crippen LogP contribution in [-0.4, -0.2) is 85.7 Å². The molecule has 5 rings (SSSR count). The minimum absolute atomic E-state index is 0.102. The Labute approximate surface area is 237 Å². The predicted octanol–water partition coefficient (Wildman–Crippen LogP) is 1.20. The molecule has 3 aliphatic heterocycles. The van der Waals surface area contributed by atoms with E-state index in [4.69, 9.17) is 15.8 Å². The van der Waals surface area contributed by atoms with Gasteiger partial charge in [-0.3, -0.25) is 19.3 Å². The maximum absolute atomic E-state index is 13.3. The molecule has 3 fully saturated rings. The average Bonchev–Trinajstić information content (AvgIpc) is 3.69. The highest BCUT2D eigenvalue weighted by Gasteiger charge is 2.54. The molecule has 0 aromatic carbocycles. The van der Waals surface area contributed by atoms with Crippen molar-refractivity contribution in [2.75, 3.05) is 24.6 Å². The summed E-state index contributed by atoms with van der Waals surface area (Å²) < 4.78 is 0. The van der Waals surface area contributed by atoms with Crippen LogP contribution in [0.25, 0.3) is 0 Å². The Balaban J connectivity index is 1.32. The largest absolute Gasteiger partial charge is 0.477 e. The van der Waals surface area contributed by atoms with Crippen LogP contribution in [0.1, 0.15) is 44.2 Å². The van der Waals surface area contributed by atoms with Crippen molar-refractivity contribution >= 4 is 57.6 Å². The number of nitrogens with one attached hydrogen (secondary N) is 1. The number of nitrogens with two attached hydrogens (primary N) is 1. The zero-order chi connectivity index (χ0) is 28.4. The first-order valence-electron chi connectivity index (χ1n) is 12.8. The van der Waals surface area contributed by atoms with Crippen LogP contribution in [0.2, 0.25) is 0 Å². The maximum Gasteiger partial charge on any atom is 0.352 e. The number of amides is 3. The van der Waals surface area contributed by atoms with E-state index < -0.39 is 29.2 Å². The molecule has 15 heteroatoms. The van der Waals surface area contributed by atoms with E-state index in [2.05, 4.69) is 15.5 Å². The molecule has 210 valence electrons. The number of hydrogen-bond donors (Lipinski definition) is 3. The SMILES string of the molecule is N#CCCN1CCC(=CC2=C(C(=O)O)N3C(=O)[C@@H](NC(=O)C(=NOC4CCCC4)c4csc(N)n4)[C@H]3SC2)C1=O. The van der Waals surface area contributed by atoms with Crippen molar-refractivity contribution in [2.45, 2.75) is 56.0 Å². The normalized spacial score (nSPS) is 24.3. The van der Waals surface area contributed by atoms with E-state index in [1.165, 1.54) is 11.8 Å². The number of thiazole rings is 1. The van der Waals surface area contributed by atoms with Crippen LogP contribution in [0.4, 0.5) is 5.13 Å². The molecular formula is C25H27N7O6S2. The van der Waals surface area contributed by atoms with Crippen LogP contribution >= 0.6 is 23.1 Å². The number of aromatic nitrogens is 1. The van der Waals surface area contributed by atoms with E-state index in [9.17, 15) is 24.3 Å². The number of hydrogen-bond acceptors (Lipinski definition) is 11. The number of fused-ring (bicyclic) bond motifs is 1. The Hall–Kier alpha value is -3.90. The van der Waals surface area contributed by atoms with E-state index in [0.717, 1.165) is 41.9 Å². The van der Waals surface area contributed by atoms with Gasteiger partial charge in [-0.1, -0.05) is 5.16 Å². The second-order valence-corrected chi connectivity index (χ2v) is 11.7. The van der Waals surface area contributed by atoms with Gasteiger partial charge in [0.1, 0.15) is 28.9 Å². The minimum Gasteiger partial charge on any atom is -0.477 e. The third-order valence-electron chi connectivity index (χ3n) is 7.12. The first-order valence-corrected chi connectivity index (χ1v) is 14.7. The molecule has 3 amide bonds. The van der Waals surface area contributed by atoms with Gasteiger partial charge in [0.2, 0.25) is 5.91 Å². The van der Waals surface area contributed by atoms with Crippen LogP contribution < -0.4 is 11.1 Å². The highest BCUT2D eigenvalue weighted by atomic mass is 32.2. The van der Waals surface area contributed by atoms with Gasteiger partial charge in [-0.05, 0) is 43.8 Å². The highest BCUT2D eigenvalue weighted by Crippen LogP contribution is 2.41. The first kappa shape index (κ1) is 27.7.